The van der Waals surface area contributed by atoms with Crippen molar-refractivity contribution in [2.45, 2.75) is 60.0 Å². The minimum atomic E-state index is -0.515. The summed E-state index contributed by atoms with van der Waals surface area (Å²) in [6, 6.07) is 10.4. The van der Waals surface area contributed by atoms with Gasteiger partial charge in [-0.15, -0.1) is 0 Å². The molecular weight excluding hydrogens is 388 g/mol. The lowest BCUT2D eigenvalue weighted by Crippen LogP contribution is -2.25. The minimum absolute atomic E-state index is 0.515. The third-order valence-electron chi connectivity index (χ3n) is 5.33. The van der Waals surface area contributed by atoms with Crippen molar-refractivity contribution in [3.05, 3.63) is 65.7 Å². The summed E-state index contributed by atoms with van der Waals surface area (Å²) >= 11 is 0. The normalized spacial score (nSPS) is 12.1. The average Bonchev–Trinajstić information content (AvgIpc) is 3.14. The maximum atomic E-state index is 11.1. The Morgan fingerprint density at radius 2 is 1.97 bits per heavy atom. The van der Waals surface area contributed by atoms with Crippen LogP contribution in [0.2, 0.25) is 0 Å². The molecule has 0 saturated heterocycles. The van der Waals surface area contributed by atoms with Crippen LogP contribution < -0.4 is 5.48 Å². The number of nitrogens with one attached hydrogen (secondary N) is 1. The molecule has 0 spiro atoms. The van der Waals surface area contributed by atoms with Crippen molar-refractivity contribution in [2.75, 3.05) is 13.1 Å². The molecule has 0 atom stereocenters. The Morgan fingerprint density at radius 3 is 2.58 bits per heavy atom. The maximum absolute atomic E-state index is 11.1. The van der Waals surface area contributed by atoms with Gasteiger partial charge in [0.05, 0.1) is 11.4 Å². The third kappa shape index (κ3) is 7.19. The van der Waals surface area contributed by atoms with Crippen LogP contribution in [-0.2, 0) is 24.3 Å². The minimum Gasteiger partial charge on any atom is -0.330 e. The predicted octanol–water partition coefficient (Wildman–Crippen LogP) is 4.74. The molecule has 1 aromatic carbocycles. The number of rotatable bonds is 12. The Bertz CT molecular complexity index is 884. The topological polar surface area (TPSA) is 70.4 Å². The Labute approximate surface area is 186 Å². The van der Waals surface area contributed by atoms with Gasteiger partial charge in [-0.2, -0.15) is 0 Å². The molecule has 0 fully saturated rings. The van der Waals surface area contributed by atoms with Gasteiger partial charge in [-0.3, -0.25) is 14.9 Å². The van der Waals surface area contributed by atoms with E-state index in [2.05, 4.69) is 60.6 Å². The van der Waals surface area contributed by atoms with Gasteiger partial charge in [-0.25, -0.2) is 10.5 Å². The molecule has 31 heavy (non-hydrogen) atoms. The number of hydrogen-bond acceptors (Lipinski definition) is 4. The van der Waals surface area contributed by atoms with E-state index in [1.807, 2.05) is 13.0 Å². The first-order valence-corrected chi connectivity index (χ1v) is 11.2. The third-order valence-corrected chi connectivity index (χ3v) is 5.33. The number of carbonyl (C=O) groups is 1. The van der Waals surface area contributed by atoms with E-state index in [1.165, 1.54) is 11.8 Å². The molecule has 0 aliphatic heterocycles. The molecule has 2 rings (SSSR count). The van der Waals surface area contributed by atoms with Gasteiger partial charge < -0.3 is 4.57 Å². The second-order valence-electron chi connectivity index (χ2n) is 7.64. The smallest absolute Gasteiger partial charge is 0.267 e. The van der Waals surface area contributed by atoms with Crippen molar-refractivity contribution >= 4 is 5.91 Å². The largest absolute Gasteiger partial charge is 0.330 e. The van der Waals surface area contributed by atoms with Crippen LogP contribution in [0.3, 0.4) is 0 Å². The monoisotopic (exact) mass is 424 g/mol. The number of allylic oxidation sites excluding steroid dienone is 3. The number of aromatic nitrogens is 2. The van der Waals surface area contributed by atoms with Crippen LogP contribution in [0.4, 0.5) is 0 Å². The van der Waals surface area contributed by atoms with Gasteiger partial charge in [-0.05, 0) is 39.8 Å². The van der Waals surface area contributed by atoms with Crippen molar-refractivity contribution in [1.29, 1.82) is 0 Å². The number of amides is 1. The second kappa shape index (κ2) is 12.9. The van der Waals surface area contributed by atoms with Crippen LogP contribution in [0.1, 0.15) is 52.1 Å². The molecule has 6 heteroatoms. The van der Waals surface area contributed by atoms with Crippen LogP contribution in [0.25, 0.3) is 11.3 Å². The van der Waals surface area contributed by atoms with E-state index in [9.17, 15) is 4.79 Å². The summed E-state index contributed by atoms with van der Waals surface area (Å²) in [5, 5.41) is 8.57. The van der Waals surface area contributed by atoms with Crippen LogP contribution in [0.15, 0.2) is 54.1 Å². The highest BCUT2D eigenvalue weighted by molar-refractivity contribution is 5.86. The molecule has 0 saturated carbocycles. The molecule has 2 aromatic rings. The first-order chi connectivity index (χ1) is 15.0. The standard InChI is InChI=1S/C25H36N4O2/c1-5-18-28(6-2)19-22-25(21-13-9-8-10-14-21)26-23(29(22)7-3)17-16-20(4)12-11-15-24(30)27-31/h8-11,13-16,31H,5-7,12,17-19H2,1-4H3,(H,27,30)/b15-11+,20-16+. The molecule has 0 unspecified atom stereocenters. The first kappa shape index (κ1) is 24.6. The van der Waals surface area contributed by atoms with Crippen molar-refractivity contribution in [3.63, 3.8) is 0 Å². The SMILES string of the molecule is CCCN(CC)Cc1c(-c2ccccc2)nc(C/C=C(\C)C/C=C/C(=O)NO)n1CC. The zero-order valence-corrected chi connectivity index (χ0v) is 19.3. The Hall–Kier alpha value is -2.70. The van der Waals surface area contributed by atoms with E-state index in [4.69, 9.17) is 10.2 Å². The summed E-state index contributed by atoms with van der Waals surface area (Å²) in [5.74, 6) is 0.541. The van der Waals surface area contributed by atoms with Crippen LogP contribution >= 0.6 is 0 Å². The number of hydroxylamine groups is 1. The molecule has 168 valence electrons. The quantitative estimate of drug-likeness (QED) is 0.223. The number of benzene rings is 1. The zero-order valence-electron chi connectivity index (χ0n) is 19.3. The molecule has 1 heterocycles. The van der Waals surface area contributed by atoms with Gasteiger partial charge in [0.25, 0.3) is 5.91 Å². The van der Waals surface area contributed by atoms with Crippen LogP contribution in [0.5, 0.6) is 0 Å². The lowest BCUT2D eigenvalue weighted by atomic mass is 10.1. The maximum Gasteiger partial charge on any atom is 0.267 e. The average molecular weight is 425 g/mol. The molecule has 1 aromatic heterocycles. The molecule has 0 aliphatic carbocycles. The van der Waals surface area contributed by atoms with E-state index < -0.39 is 5.91 Å². The highest BCUT2D eigenvalue weighted by atomic mass is 16.5. The molecule has 0 radical (unpaired) electrons. The van der Waals surface area contributed by atoms with Gasteiger partial charge in [0, 0.05) is 31.1 Å². The van der Waals surface area contributed by atoms with Gasteiger partial charge in [0.1, 0.15) is 5.82 Å². The fourth-order valence-corrected chi connectivity index (χ4v) is 3.67. The number of hydrogen-bond donors (Lipinski definition) is 2. The molecular formula is C25H36N4O2. The van der Waals surface area contributed by atoms with Crippen molar-refractivity contribution in [1.82, 2.24) is 19.9 Å². The highest BCUT2D eigenvalue weighted by Crippen LogP contribution is 2.26. The van der Waals surface area contributed by atoms with E-state index in [0.29, 0.717) is 6.42 Å². The molecule has 1 amide bonds. The lowest BCUT2D eigenvalue weighted by Gasteiger charge is -2.21. The second-order valence-corrected chi connectivity index (χ2v) is 7.64. The van der Waals surface area contributed by atoms with Crippen molar-refractivity contribution in [3.8, 4) is 11.3 Å². The summed E-state index contributed by atoms with van der Waals surface area (Å²) in [7, 11) is 0. The van der Waals surface area contributed by atoms with Crippen molar-refractivity contribution in [2.24, 2.45) is 0 Å². The van der Waals surface area contributed by atoms with E-state index >= 15 is 0 Å². The van der Waals surface area contributed by atoms with E-state index in [-0.39, 0.29) is 0 Å². The Balaban J connectivity index is 2.33. The van der Waals surface area contributed by atoms with Crippen molar-refractivity contribution < 1.29 is 10.0 Å². The predicted molar refractivity (Wildman–Crippen MR) is 126 cm³/mol. The molecule has 6 nitrogen and oxygen atoms in total. The van der Waals surface area contributed by atoms with Crippen LogP contribution in [0, 0.1) is 0 Å². The lowest BCUT2D eigenvalue weighted by molar-refractivity contribution is -0.124. The van der Waals surface area contributed by atoms with Gasteiger partial charge in [0.15, 0.2) is 0 Å². The van der Waals surface area contributed by atoms with Crippen LogP contribution in [-0.4, -0.2) is 38.7 Å². The number of nitrogens with zero attached hydrogens (tertiary/aromatic N) is 3. The number of imidazole rings is 1. The Kier molecular flexibility index (Phi) is 10.2. The summed E-state index contributed by atoms with van der Waals surface area (Å²) in [6.45, 7) is 12.5. The first-order valence-electron chi connectivity index (χ1n) is 11.2. The van der Waals surface area contributed by atoms with E-state index in [1.54, 1.807) is 11.6 Å². The fourth-order valence-electron chi connectivity index (χ4n) is 3.67. The summed E-state index contributed by atoms with van der Waals surface area (Å²) < 4.78 is 2.35. The molecule has 0 aliphatic rings. The summed E-state index contributed by atoms with van der Waals surface area (Å²) in [5.41, 5.74) is 6.24. The van der Waals surface area contributed by atoms with Gasteiger partial charge >= 0.3 is 0 Å². The highest BCUT2D eigenvalue weighted by Gasteiger charge is 2.19. The Morgan fingerprint density at radius 1 is 1.23 bits per heavy atom. The fraction of sp³-hybridized carbons (Fsp3) is 0.440. The summed E-state index contributed by atoms with van der Waals surface area (Å²) in [4.78, 5) is 18.6. The van der Waals surface area contributed by atoms with Gasteiger partial charge in [-0.1, -0.05) is 61.9 Å². The zero-order chi connectivity index (χ0) is 22.6. The molecule has 2 N–H and O–H groups in total. The molecule has 0 bridgehead atoms. The van der Waals surface area contributed by atoms with E-state index in [0.717, 1.165) is 61.7 Å². The van der Waals surface area contributed by atoms with Gasteiger partial charge in [0.2, 0.25) is 0 Å². The number of carbonyl (C=O) groups excluding carboxylic acids is 1. The summed E-state index contributed by atoms with van der Waals surface area (Å²) in [6.07, 6.45) is 7.76.